The van der Waals surface area contributed by atoms with Crippen LogP contribution >= 0.6 is 0 Å². The number of anilines is 1. The van der Waals surface area contributed by atoms with Crippen molar-refractivity contribution in [1.82, 2.24) is 5.32 Å². The van der Waals surface area contributed by atoms with Gasteiger partial charge in [-0.25, -0.2) is 4.79 Å². The third kappa shape index (κ3) is 7.53. The Morgan fingerprint density at radius 2 is 2.00 bits per heavy atom. The monoisotopic (exact) mass is 296 g/mol. The fourth-order valence-electron chi connectivity index (χ4n) is 1.62. The first-order valence-electron chi connectivity index (χ1n) is 7.21. The smallest absolute Gasteiger partial charge is 0.411 e. The standard InChI is InChI=1S/C15H24N2O4/c1-3-9-16-10-13(18)11-21-14-7-5-12(6-8-14)17-15(19)20-4-2/h5-8,13,16,18H,3-4,9-11H2,1-2H3,(H,17,19). The van der Waals surface area contributed by atoms with E-state index in [1.54, 1.807) is 31.2 Å². The van der Waals surface area contributed by atoms with Crippen LogP contribution in [-0.4, -0.2) is 43.6 Å². The van der Waals surface area contributed by atoms with Gasteiger partial charge in [0.25, 0.3) is 0 Å². The lowest BCUT2D eigenvalue weighted by Gasteiger charge is -2.13. The SMILES string of the molecule is CCCNCC(O)COc1ccc(NC(=O)OCC)cc1. The van der Waals surface area contributed by atoms with E-state index in [4.69, 9.17) is 9.47 Å². The molecule has 21 heavy (non-hydrogen) atoms. The molecule has 6 heteroatoms. The molecule has 0 aliphatic rings. The van der Waals surface area contributed by atoms with E-state index in [1.807, 2.05) is 0 Å². The summed E-state index contributed by atoms with van der Waals surface area (Å²) in [5.41, 5.74) is 0.631. The Balaban J connectivity index is 2.32. The maximum atomic E-state index is 11.2. The van der Waals surface area contributed by atoms with Crippen molar-refractivity contribution in [2.45, 2.75) is 26.4 Å². The number of amides is 1. The fourth-order valence-corrected chi connectivity index (χ4v) is 1.62. The molecule has 0 fully saturated rings. The third-order valence-electron chi connectivity index (χ3n) is 2.63. The lowest BCUT2D eigenvalue weighted by molar-refractivity contribution is 0.106. The van der Waals surface area contributed by atoms with Crippen LogP contribution in [0.5, 0.6) is 5.75 Å². The molecule has 0 saturated heterocycles. The number of nitrogens with one attached hydrogen (secondary N) is 2. The largest absolute Gasteiger partial charge is 0.491 e. The van der Waals surface area contributed by atoms with E-state index in [0.29, 0.717) is 24.6 Å². The van der Waals surface area contributed by atoms with E-state index < -0.39 is 12.2 Å². The molecule has 0 aromatic heterocycles. The lowest BCUT2D eigenvalue weighted by atomic mass is 10.3. The van der Waals surface area contributed by atoms with Crippen molar-refractivity contribution in [2.24, 2.45) is 0 Å². The number of ether oxygens (including phenoxy) is 2. The summed E-state index contributed by atoms with van der Waals surface area (Å²) in [6.07, 6.45) is 0.000145. The molecule has 0 bridgehead atoms. The van der Waals surface area contributed by atoms with Crippen LogP contribution in [0.15, 0.2) is 24.3 Å². The first-order valence-corrected chi connectivity index (χ1v) is 7.21. The van der Waals surface area contributed by atoms with Crippen LogP contribution in [0, 0.1) is 0 Å². The highest BCUT2D eigenvalue weighted by Crippen LogP contribution is 2.16. The van der Waals surface area contributed by atoms with Gasteiger partial charge in [0, 0.05) is 12.2 Å². The number of rotatable bonds is 9. The lowest BCUT2D eigenvalue weighted by Crippen LogP contribution is -2.31. The third-order valence-corrected chi connectivity index (χ3v) is 2.63. The Morgan fingerprint density at radius 3 is 2.62 bits per heavy atom. The number of benzene rings is 1. The number of aliphatic hydroxyl groups is 1. The van der Waals surface area contributed by atoms with Crippen molar-refractivity contribution in [3.63, 3.8) is 0 Å². The molecular weight excluding hydrogens is 272 g/mol. The highest BCUT2D eigenvalue weighted by Gasteiger charge is 2.05. The molecule has 0 spiro atoms. The Labute approximate surface area is 125 Å². The summed E-state index contributed by atoms with van der Waals surface area (Å²) in [7, 11) is 0. The number of carbonyl (C=O) groups excluding carboxylic acids is 1. The zero-order valence-electron chi connectivity index (χ0n) is 12.6. The summed E-state index contributed by atoms with van der Waals surface area (Å²) in [5.74, 6) is 0.638. The van der Waals surface area contributed by atoms with Gasteiger partial charge in [0.2, 0.25) is 0 Å². The summed E-state index contributed by atoms with van der Waals surface area (Å²) in [4.78, 5) is 11.2. The van der Waals surface area contributed by atoms with Gasteiger partial charge in [-0.2, -0.15) is 0 Å². The van der Waals surface area contributed by atoms with Crippen molar-refractivity contribution in [3.05, 3.63) is 24.3 Å². The molecule has 1 rings (SSSR count). The zero-order chi connectivity index (χ0) is 15.5. The average molecular weight is 296 g/mol. The molecule has 0 aliphatic carbocycles. The molecule has 3 N–H and O–H groups in total. The minimum absolute atomic E-state index is 0.224. The van der Waals surface area contributed by atoms with E-state index in [9.17, 15) is 9.90 Å². The molecule has 0 aliphatic heterocycles. The Kier molecular flexibility index (Phi) is 8.23. The van der Waals surface area contributed by atoms with Crippen molar-refractivity contribution < 1.29 is 19.4 Å². The van der Waals surface area contributed by atoms with Crippen LogP contribution in [0.25, 0.3) is 0 Å². The predicted octanol–water partition coefficient (Wildman–Crippen LogP) is 1.99. The summed E-state index contributed by atoms with van der Waals surface area (Å²) in [6.45, 7) is 5.76. The van der Waals surface area contributed by atoms with E-state index in [-0.39, 0.29) is 6.61 Å². The van der Waals surface area contributed by atoms with E-state index in [0.717, 1.165) is 13.0 Å². The van der Waals surface area contributed by atoms with E-state index >= 15 is 0 Å². The maximum absolute atomic E-state index is 11.2. The summed E-state index contributed by atoms with van der Waals surface area (Å²) >= 11 is 0. The molecule has 0 radical (unpaired) electrons. The molecule has 0 heterocycles. The average Bonchev–Trinajstić information content (AvgIpc) is 2.47. The van der Waals surface area contributed by atoms with Crippen molar-refractivity contribution >= 4 is 11.8 Å². The van der Waals surface area contributed by atoms with Crippen molar-refractivity contribution in [3.8, 4) is 5.75 Å². The van der Waals surface area contributed by atoms with Gasteiger partial charge in [-0.3, -0.25) is 5.32 Å². The minimum Gasteiger partial charge on any atom is -0.491 e. The molecule has 6 nitrogen and oxygen atoms in total. The van der Waals surface area contributed by atoms with E-state index in [1.165, 1.54) is 0 Å². The fraction of sp³-hybridized carbons (Fsp3) is 0.533. The Morgan fingerprint density at radius 1 is 1.29 bits per heavy atom. The minimum atomic E-state index is -0.547. The first-order chi connectivity index (χ1) is 10.2. The summed E-state index contributed by atoms with van der Waals surface area (Å²) < 4.78 is 10.3. The topological polar surface area (TPSA) is 79.8 Å². The van der Waals surface area contributed by atoms with Crippen LogP contribution in [-0.2, 0) is 4.74 Å². The Bertz CT molecular complexity index is 409. The highest BCUT2D eigenvalue weighted by atomic mass is 16.5. The number of hydrogen-bond donors (Lipinski definition) is 3. The van der Waals surface area contributed by atoms with Gasteiger partial charge in [0.05, 0.1) is 6.61 Å². The number of hydrogen-bond acceptors (Lipinski definition) is 5. The van der Waals surface area contributed by atoms with Crippen LogP contribution in [0.2, 0.25) is 0 Å². The van der Waals surface area contributed by atoms with E-state index in [2.05, 4.69) is 17.6 Å². The first kappa shape index (κ1) is 17.3. The molecule has 1 atom stereocenters. The molecule has 0 saturated carbocycles. The molecule has 1 unspecified atom stereocenters. The highest BCUT2D eigenvalue weighted by molar-refractivity contribution is 5.84. The van der Waals surface area contributed by atoms with Gasteiger partial charge in [-0.1, -0.05) is 6.92 Å². The summed E-state index contributed by atoms with van der Waals surface area (Å²) in [6, 6.07) is 6.89. The van der Waals surface area contributed by atoms with Gasteiger partial charge in [0.15, 0.2) is 0 Å². The van der Waals surface area contributed by atoms with Crippen LogP contribution < -0.4 is 15.4 Å². The van der Waals surface area contributed by atoms with Crippen LogP contribution in [0.3, 0.4) is 0 Å². The van der Waals surface area contributed by atoms with Gasteiger partial charge < -0.3 is 19.9 Å². The zero-order valence-corrected chi connectivity index (χ0v) is 12.6. The second kappa shape index (κ2) is 10.0. The maximum Gasteiger partial charge on any atom is 0.411 e. The molecule has 1 amide bonds. The van der Waals surface area contributed by atoms with Gasteiger partial charge in [0.1, 0.15) is 18.5 Å². The molecule has 118 valence electrons. The van der Waals surface area contributed by atoms with Crippen LogP contribution in [0.1, 0.15) is 20.3 Å². The molecule has 1 aromatic rings. The second-order valence-corrected chi connectivity index (χ2v) is 4.54. The van der Waals surface area contributed by atoms with Crippen LogP contribution in [0.4, 0.5) is 10.5 Å². The number of carbonyl (C=O) groups is 1. The normalized spacial score (nSPS) is 11.8. The van der Waals surface area contributed by atoms with Crippen molar-refractivity contribution in [2.75, 3.05) is 31.6 Å². The molecule has 1 aromatic carbocycles. The van der Waals surface area contributed by atoms with Crippen molar-refractivity contribution in [1.29, 1.82) is 0 Å². The summed E-state index contributed by atoms with van der Waals surface area (Å²) in [5, 5.41) is 15.4. The van der Waals surface area contributed by atoms with Gasteiger partial charge in [-0.05, 0) is 44.2 Å². The predicted molar refractivity (Wildman–Crippen MR) is 81.7 cm³/mol. The number of aliphatic hydroxyl groups excluding tert-OH is 1. The van der Waals surface area contributed by atoms with Gasteiger partial charge >= 0.3 is 6.09 Å². The molecular formula is C15H24N2O4. The Hall–Kier alpha value is -1.79. The van der Waals surface area contributed by atoms with Gasteiger partial charge in [-0.15, -0.1) is 0 Å². The quantitative estimate of drug-likeness (QED) is 0.607. The second-order valence-electron chi connectivity index (χ2n) is 4.54.